The molecule has 1 aromatic carbocycles. The minimum Gasteiger partial charge on any atom is -0.338 e. The van der Waals surface area contributed by atoms with Gasteiger partial charge in [0.15, 0.2) is 0 Å². The molecule has 1 aromatic rings. The molecule has 0 saturated carbocycles. The quantitative estimate of drug-likeness (QED) is 0.896. The van der Waals surface area contributed by atoms with E-state index in [1.54, 1.807) is 4.90 Å². The highest BCUT2D eigenvalue weighted by Crippen LogP contribution is 2.31. The zero-order chi connectivity index (χ0) is 13.3. The van der Waals surface area contributed by atoms with E-state index in [0.29, 0.717) is 19.6 Å². The molecule has 0 aromatic heterocycles. The third-order valence-electron chi connectivity index (χ3n) is 3.51. The summed E-state index contributed by atoms with van der Waals surface area (Å²) in [7, 11) is 0. The monoisotopic (exact) mass is 270 g/mol. The van der Waals surface area contributed by atoms with E-state index in [1.165, 1.54) is 18.2 Å². The van der Waals surface area contributed by atoms with Crippen molar-refractivity contribution in [2.75, 3.05) is 19.6 Å². The number of carbonyl (C=O) groups is 1. The summed E-state index contributed by atoms with van der Waals surface area (Å²) in [5.74, 6) is -0.927. The lowest BCUT2D eigenvalue weighted by molar-refractivity contribution is 0.0772. The Morgan fingerprint density at radius 1 is 1.61 bits per heavy atom. The smallest absolute Gasteiger partial charge is 0.258 e. The van der Waals surface area contributed by atoms with Crippen molar-refractivity contribution in [3.8, 4) is 0 Å². The molecule has 0 spiro atoms. The fourth-order valence-corrected chi connectivity index (χ4v) is 2.47. The lowest BCUT2D eigenvalue weighted by Crippen LogP contribution is -2.35. The zero-order valence-corrected chi connectivity index (χ0v) is 11.0. The molecule has 1 fully saturated rings. The van der Waals surface area contributed by atoms with Crippen LogP contribution in [0.5, 0.6) is 0 Å². The van der Waals surface area contributed by atoms with Crippen molar-refractivity contribution in [3.63, 3.8) is 0 Å². The molecule has 1 heterocycles. The van der Waals surface area contributed by atoms with Crippen LogP contribution in [0.1, 0.15) is 23.7 Å². The van der Waals surface area contributed by atoms with Crippen molar-refractivity contribution < 1.29 is 9.18 Å². The largest absolute Gasteiger partial charge is 0.338 e. The topological polar surface area (TPSA) is 46.3 Å². The molecule has 1 amide bonds. The van der Waals surface area contributed by atoms with Gasteiger partial charge in [-0.05, 0) is 30.5 Å². The minimum atomic E-state index is -0.575. The van der Waals surface area contributed by atoms with Gasteiger partial charge in [0.25, 0.3) is 5.91 Å². The van der Waals surface area contributed by atoms with Crippen molar-refractivity contribution in [1.29, 1.82) is 0 Å². The van der Waals surface area contributed by atoms with Crippen LogP contribution in [0, 0.1) is 11.2 Å². The molecule has 0 bridgehead atoms. The van der Waals surface area contributed by atoms with Gasteiger partial charge in [-0.25, -0.2) is 4.39 Å². The molecular weight excluding hydrogens is 255 g/mol. The number of likely N-dealkylation sites (tertiary alicyclic amines) is 1. The predicted molar refractivity (Wildman–Crippen MR) is 69.1 cm³/mol. The number of amides is 1. The van der Waals surface area contributed by atoms with Crippen LogP contribution >= 0.6 is 11.6 Å². The Kier molecular flexibility index (Phi) is 3.59. The number of nitrogens with zero attached hydrogens (tertiary/aromatic N) is 1. The Bertz CT molecular complexity index is 460. The van der Waals surface area contributed by atoms with Crippen molar-refractivity contribution in [3.05, 3.63) is 34.6 Å². The van der Waals surface area contributed by atoms with Gasteiger partial charge < -0.3 is 10.6 Å². The standard InChI is InChI=1S/C13H16ClFN2O/c1-13(7-16)5-6-17(8-13)12(18)11-9(14)3-2-4-10(11)15/h2-4H,5-8,16H2,1H3. The van der Waals surface area contributed by atoms with Crippen LogP contribution in [-0.4, -0.2) is 30.4 Å². The van der Waals surface area contributed by atoms with Gasteiger partial charge in [0.1, 0.15) is 5.82 Å². The Morgan fingerprint density at radius 3 is 2.89 bits per heavy atom. The van der Waals surface area contributed by atoms with Gasteiger partial charge in [0, 0.05) is 13.1 Å². The van der Waals surface area contributed by atoms with E-state index in [9.17, 15) is 9.18 Å². The summed E-state index contributed by atoms with van der Waals surface area (Å²) < 4.78 is 13.7. The molecule has 0 radical (unpaired) electrons. The molecule has 1 unspecified atom stereocenters. The van der Waals surface area contributed by atoms with Gasteiger partial charge in [0.2, 0.25) is 0 Å². The van der Waals surface area contributed by atoms with Crippen LogP contribution in [0.3, 0.4) is 0 Å². The molecular formula is C13H16ClFN2O. The first-order valence-corrected chi connectivity index (χ1v) is 6.28. The molecule has 2 rings (SSSR count). The molecule has 3 nitrogen and oxygen atoms in total. The van der Waals surface area contributed by atoms with Crippen LogP contribution in [0.25, 0.3) is 0 Å². The van der Waals surface area contributed by atoms with Gasteiger partial charge in [-0.1, -0.05) is 24.6 Å². The fourth-order valence-electron chi connectivity index (χ4n) is 2.22. The van der Waals surface area contributed by atoms with Gasteiger partial charge in [0.05, 0.1) is 10.6 Å². The van der Waals surface area contributed by atoms with Gasteiger partial charge >= 0.3 is 0 Å². The van der Waals surface area contributed by atoms with Crippen LogP contribution in [0.4, 0.5) is 4.39 Å². The first kappa shape index (κ1) is 13.3. The van der Waals surface area contributed by atoms with E-state index in [-0.39, 0.29) is 21.9 Å². The summed E-state index contributed by atoms with van der Waals surface area (Å²) in [5, 5.41) is 0.154. The minimum absolute atomic E-state index is 0.0413. The molecule has 5 heteroatoms. The first-order chi connectivity index (χ1) is 8.47. The number of nitrogens with two attached hydrogens (primary N) is 1. The summed E-state index contributed by atoms with van der Waals surface area (Å²) in [6.45, 7) is 3.69. The van der Waals surface area contributed by atoms with Crippen LogP contribution in [0.15, 0.2) is 18.2 Å². The maximum Gasteiger partial charge on any atom is 0.258 e. The number of rotatable bonds is 2. The molecule has 98 valence electrons. The average molecular weight is 271 g/mol. The molecule has 18 heavy (non-hydrogen) atoms. The number of carbonyl (C=O) groups excluding carboxylic acids is 1. The molecule has 1 saturated heterocycles. The molecule has 1 atom stereocenters. The first-order valence-electron chi connectivity index (χ1n) is 5.90. The van der Waals surface area contributed by atoms with E-state index in [1.807, 2.05) is 6.92 Å². The SMILES string of the molecule is CC1(CN)CCN(C(=O)c2c(F)cccc2Cl)C1. The molecule has 0 aliphatic carbocycles. The predicted octanol–water partition coefficient (Wildman–Crippen LogP) is 2.29. The molecule has 2 N–H and O–H groups in total. The van der Waals surface area contributed by atoms with Crippen LogP contribution < -0.4 is 5.73 Å². The normalized spacial score (nSPS) is 23.4. The number of benzene rings is 1. The second-order valence-electron chi connectivity index (χ2n) is 5.09. The second-order valence-corrected chi connectivity index (χ2v) is 5.50. The van der Waals surface area contributed by atoms with E-state index < -0.39 is 5.82 Å². The van der Waals surface area contributed by atoms with Gasteiger partial charge in [-0.2, -0.15) is 0 Å². The Labute approximate surface area is 111 Å². The van der Waals surface area contributed by atoms with E-state index in [0.717, 1.165) is 6.42 Å². The number of hydrogen-bond acceptors (Lipinski definition) is 2. The van der Waals surface area contributed by atoms with Crippen LogP contribution in [-0.2, 0) is 0 Å². The Morgan fingerprint density at radius 2 is 2.33 bits per heavy atom. The third kappa shape index (κ3) is 2.35. The van der Waals surface area contributed by atoms with E-state index in [2.05, 4.69) is 0 Å². The summed E-state index contributed by atoms with van der Waals surface area (Å²) >= 11 is 5.90. The third-order valence-corrected chi connectivity index (χ3v) is 3.83. The van der Waals surface area contributed by atoms with Crippen molar-refractivity contribution in [2.24, 2.45) is 11.1 Å². The highest BCUT2D eigenvalue weighted by Gasteiger charge is 2.36. The lowest BCUT2D eigenvalue weighted by Gasteiger charge is -2.23. The lowest BCUT2D eigenvalue weighted by atomic mass is 9.90. The zero-order valence-electron chi connectivity index (χ0n) is 10.2. The Hall–Kier alpha value is -1.13. The van der Waals surface area contributed by atoms with Crippen molar-refractivity contribution >= 4 is 17.5 Å². The Balaban J connectivity index is 2.23. The second kappa shape index (κ2) is 4.86. The maximum absolute atomic E-state index is 13.7. The average Bonchev–Trinajstić information content (AvgIpc) is 2.72. The van der Waals surface area contributed by atoms with E-state index >= 15 is 0 Å². The summed E-state index contributed by atoms with van der Waals surface area (Å²) in [5.41, 5.74) is 5.57. The number of halogens is 2. The van der Waals surface area contributed by atoms with Gasteiger partial charge in [-0.3, -0.25) is 4.79 Å². The molecule has 1 aliphatic rings. The van der Waals surface area contributed by atoms with E-state index in [4.69, 9.17) is 17.3 Å². The highest BCUT2D eigenvalue weighted by atomic mass is 35.5. The summed E-state index contributed by atoms with van der Waals surface area (Å²) in [4.78, 5) is 13.9. The van der Waals surface area contributed by atoms with Crippen LogP contribution in [0.2, 0.25) is 5.02 Å². The molecule has 1 aliphatic heterocycles. The number of hydrogen-bond donors (Lipinski definition) is 1. The summed E-state index contributed by atoms with van der Waals surface area (Å²) in [6, 6.07) is 4.26. The fraction of sp³-hybridized carbons (Fsp3) is 0.462. The van der Waals surface area contributed by atoms with Crippen molar-refractivity contribution in [1.82, 2.24) is 4.90 Å². The summed E-state index contributed by atoms with van der Waals surface area (Å²) in [6.07, 6.45) is 0.835. The van der Waals surface area contributed by atoms with Crippen molar-refractivity contribution in [2.45, 2.75) is 13.3 Å². The maximum atomic E-state index is 13.7. The van der Waals surface area contributed by atoms with Gasteiger partial charge in [-0.15, -0.1) is 0 Å². The highest BCUT2D eigenvalue weighted by molar-refractivity contribution is 6.33.